The first-order valence-electron chi connectivity index (χ1n) is 9.50. The highest BCUT2D eigenvalue weighted by Gasteiger charge is 2.21. The first kappa shape index (κ1) is 23.3. The van der Waals surface area contributed by atoms with Crippen LogP contribution in [0, 0.1) is 17.1 Å². The number of carbonyl (C=O) groups excluding carboxylic acids is 1. The lowest BCUT2D eigenvalue weighted by molar-refractivity contribution is -0.115. The summed E-state index contributed by atoms with van der Waals surface area (Å²) in [4.78, 5) is 12.6. The number of para-hydroxylation sites is 1. The van der Waals surface area contributed by atoms with E-state index in [0.717, 1.165) is 0 Å². The number of carbonyl (C=O) groups is 1. The van der Waals surface area contributed by atoms with Gasteiger partial charge in [-0.1, -0.05) is 41.6 Å². The average Bonchev–Trinajstić information content (AvgIpc) is 3.14. The van der Waals surface area contributed by atoms with Crippen molar-refractivity contribution in [2.24, 2.45) is 0 Å². The Morgan fingerprint density at radius 2 is 2.19 bits per heavy atom. The van der Waals surface area contributed by atoms with Crippen LogP contribution in [0.5, 0.6) is 5.75 Å². The number of nitriles is 1. The molecule has 1 heterocycles. The molecule has 1 atom stereocenters. The highest BCUT2D eigenvalue weighted by Crippen LogP contribution is 2.26. The van der Waals surface area contributed by atoms with Crippen LogP contribution in [0.25, 0.3) is 0 Å². The van der Waals surface area contributed by atoms with Gasteiger partial charge in [0, 0.05) is 12.2 Å². The fourth-order valence-electron chi connectivity index (χ4n) is 2.67. The predicted octanol–water partition coefficient (Wildman–Crippen LogP) is 4.83. The van der Waals surface area contributed by atoms with E-state index in [-0.39, 0.29) is 23.3 Å². The van der Waals surface area contributed by atoms with Crippen molar-refractivity contribution in [3.63, 3.8) is 0 Å². The van der Waals surface area contributed by atoms with Gasteiger partial charge in [0.2, 0.25) is 5.91 Å². The number of halogens is 2. The number of nitrogens with one attached hydrogen (secondary N) is 1. The molecule has 2 aromatic carbocycles. The molecule has 164 valence electrons. The molecule has 0 aliphatic carbocycles. The van der Waals surface area contributed by atoms with Crippen LogP contribution in [0.15, 0.2) is 60.3 Å². The monoisotopic (exact) mass is 471 g/mol. The number of thioether (sulfide) groups is 1. The first-order valence-corrected chi connectivity index (χ1v) is 10.8. The normalized spacial score (nSPS) is 11.4. The highest BCUT2D eigenvalue weighted by atomic mass is 35.5. The number of benzene rings is 2. The molecule has 3 aromatic rings. The Morgan fingerprint density at radius 1 is 1.41 bits per heavy atom. The summed E-state index contributed by atoms with van der Waals surface area (Å²) in [5.74, 6) is -0.149. The third-order valence-electron chi connectivity index (χ3n) is 4.31. The number of anilines is 1. The molecule has 0 radical (unpaired) electrons. The summed E-state index contributed by atoms with van der Waals surface area (Å²) >= 11 is 7.23. The molecular formula is C22H19ClFN5O2S. The van der Waals surface area contributed by atoms with Crippen molar-refractivity contribution in [2.75, 3.05) is 5.32 Å². The molecule has 1 aromatic heterocycles. The second-order valence-corrected chi connectivity index (χ2v) is 8.29. The van der Waals surface area contributed by atoms with Gasteiger partial charge in [-0.3, -0.25) is 9.36 Å². The summed E-state index contributed by atoms with van der Waals surface area (Å²) in [7, 11) is 0. The minimum atomic E-state index is -0.516. The molecule has 0 aliphatic rings. The molecule has 0 saturated carbocycles. The van der Waals surface area contributed by atoms with Gasteiger partial charge in [0.25, 0.3) is 0 Å². The summed E-state index contributed by atoms with van der Waals surface area (Å²) in [5, 5.41) is 20.2. The molecule has 7 nitrogen and oxygen atoms in total. The van der Waals surface area contributed by atoms with Crippen molar-refractivity contribution in [2.45, 2.75) is 30.5 Å². The Balaban J connectivity index is 1.68. The number of amides is 1. The van der Waals surface area contributed by atoms with Gasteiger partial charge < -0.3 is 10.1 Å². The summed E-state index contributed by atoms with van der Waals surface area (Å²) < 4.78 is 21.1. The van der Waals surface area contributed by atoms with Crippen molar-refractivity contribution in [1.29, 1.82) is 5.26 Å². The summed E-state index contributed by atoms with van der Waals surface area (Å²) in [5.41, 5.74) is 0.813. The second-order valence-electron chi connectivity index (χ2n) is 6.57. The molecule has 0 spiro atoms. The van der Waals surface area contributed by atoms with Crippen LogP contribution in [-0.2, 0) is 17.9 Å². The molecule has 0 aliphatic heterocycles. The molecule has 32 heavy (non-hydrogen) atoms. The number of nitrogens with zero attached hydrogens (tertiary/aromatic N) is 4. The van der Waals surface area contributed by atoms with E-state index in [1.165, 1.54) is 36.0 Å². The number of hydrogen-bond donors (Lipinski definition) is 1. The van der Waals surface area contributed by atoms with E-state index >= 15 is 0 Å². The standard InChI is InChI=1S/C22H19ClFN5O2S/c1-3-10-29-20(13-31-19-7-5-4-6-18(19)24)27-28-22(29)32-14(2)21(30)26-16-9-8-15(12-25)17(23)11-16/h3-9,11,14H,1,10,13H2,2H3,(H,26,30). The van der Waals surface area contributed by atoms with Gasteiger partial charge >= 0.3 is 0 Å². The molecule has 3 rings (SSSR count). The minimum Gasteiger partial charge on any atom is -0.483 e. The maximum atomic E-state index is 13.8. The molecule has 0 fully saturated rings. The number of rotatable bonds is 9. The van der Waals surface area contributed by atoms with Crippen LogP contribution < -0.4 is 10.1 Å². The zero-order valence-corrected chi connectivity index (χ0v) is 18.7. The third-order valence-corrected chi connectivity index (χ3v) is 5.70. The van der Waals surface area contributed by atoms with Crippen molar-refractivity contribution in [1.82, 2.24) is 14.8 Å². The molecule has 0 bridgehead atoms. The molecular weight excluding hydrogens is 453 g/mol. The number of hydrogen-bond acceptors (Lipinski definition) is 6. The first-order chi connectivity index (χ1) is 15.4. The molecule has 1 amide bonds. The van der Waals surface area contributed by atoms with Crippen LogP contribution in [0.3, 0.4) is 0 Å². The minimum absolute atomic E-state index is 0.00660. The van der Waals surface area contributed by atoms with E-state index in [0.29, 0.717) is 28.8 Å². The van der Waals surface area contributed by atoms with Gasteiger partial charge in [0.1, 0.15) is 12.7 Å². The van der Waals surface area contributed by atoms with Gasteiger partial charge in [-0.2, -0.15) is 5.26 Å². The van der Waals surface area contributed by atoms with E-state index < -0.39 is 11.1 Å². The van der Waals surface area contributed by atoms with Crippen molar-refractivity contribution < 1.29 is 13.9 Å². The van der Waals surface area contributed by atoms with Crippen LogP contribution >= 0.6 is 23.4 Å². The molecule has 0 saturated heterocycles. The van der Waals surface area contributed by atoms with E-state index in [2.05, 4.69) is 22.1 Å². The lowest BCUT2D eigenvalue weighted by Gasteiger charge is -2.13. The van der Waals surface area contributed by atoms with Gasteiger partial charge in [0.15, 0.2) is 22.5 Å². The van der Waals surface area contributed by atoms with Crippen LogP contribution in [-0.4, -0.2) is 25.9 Å². The van der Waals surface area contributed by atoms with Crippen molar-refractivity contribution in [3.05, 3.63) is 77.3 Å². The molecule has 10 heteroatoms. The van der Waals surface area contributed by atoms with Gasteiger partial charge in [0.05, 0.1) is 15.8 Å². The smallest absolute Gasteiger partial charge is 0.237 e. The van der Waals surface area contributed by atoms with Gasteiger partial charge in [-0.05, 0) is 37.3 Å². The SMILES string of the molecule is C=CCn1c(COc2ccccc2F)nnc1SC(C)C(=O)Nc1ccc(C#N)c(Cl)c1. The summed E-state index contributed by atoms with van der Waals surface area (Å²) in [6, 6.07) is 12.7. The number of allylic oxidation sites excluding steroid dienone is 1. The van der Waals surface area contributed by atoms with Crippen molar-refractivity contribution >= 4 is 35.0 Å². The number of aromatic nitrogens is 3. The lowest BCUT2D eigenvalue weighted by atomic mass is 10.2. The van der Waals surface area contributed by atoms with Crippen LogP contribution in [0.1, 0.15) is 18.3 Å². The van der Waals surface area contributed by atoms with E-state index in [1.807, 2.05) is 6.07 Å². The predicted molar refractivity (Wildman–Crippen MR) is 121 cm³/mol. The second kappa shape index (κ2) is 10.8. The zero-order valence-electron chi connectivity index (χ0n) is 17.1. The maximum absolute atomic E-state index is 13.8. The Kier molecular flexibility index (Phi) is 7.87. The molecule has 1 N–H and O–H groups in total. The topological polar surface area (TPSA) is 92.8 Å². The summed E-state index contributed by atoms with van der Waals surface area (Å²) in [6.07, 6.45) is 1.67. The lowest BCUT2D eigenvalue weighted by Crippen LogP contribution is -2.23. The van der Waals surface area contributed by atoms with Crippen molar-refractivity contribution in [3.8, 4) is 11.8 Å². The van der Waals surface area contributed by atoms with Gasteiger partial charge in [-0.15, -0.1) is 16.8 Å². The Hall–Kier alpha value is -3.35. The van der Waals surface area contributed by atoms with E-state index in [4.69, 9.17) is 21.6 Å². The maximum Gasteiger partial charge on any atom is 0.237 e. The third kappa shape index (κ3) is 5.66. The van der Waals surface area contributed by atoms with Crippen LogP contribution in [0.2, 0.25) is 5.02 Å². The quantitative estimate of drug-likeness (QED) is 0.355. The molecule has 1 unspecified atom stereocenters. The number of ether oxygens (including phenoxy) is 1. The highest BCUT2D eigenvalue weighted by molar-refractivity contribution is 8.00. The van der Waals surface area contributed by atoms with E-state index in [9.17, 15) is 9.18 Å². The Bertz CT molecular complexity index is 1180. The largest absolute Gasteiger partial charge is 0.483 e. The van der Waals surface area contributed by atoms with E-state index in [1.54, 1.807) is 35.8 Å². The Labute approximate surface area is 193 Å². The fraction of sp³-hybridized carbons (Fsp3) is 0.182. The Morgan fingerprint density at radius 3 is 2.88 bits per heavy atom. The zero-order chi connectivity index (χ0) is 23.1. The van der Waals surface area contributed by atoms with Gasteiger partial charge in [-0.25, -0.2) is 4.39 Å². The average molecular weight is 472 g/mol. The fourth-order valence-corrected chi connectivity index (χ4v) is 3.77. The van der Waals surface area contributed by atoms with Crippen LogP contribution in [0.4, 0.5) is 10.1 Å². The summed E-state index contributed by atoms with van der Waals surface area (Å²) in [6.45, 7) is 5.87.